The smallest absolute Gasteiger partial charge is 0.350 e. The van der Waals surface area contributed by atoms with Crippen molar-refractivity contribution >= 4 is 35.0 Å². The Kier molecular flexibility index (Phi) is 18.6. The first-order valence-electron chi connectivity index (χ1n) is 23.3. The van der Waals surface area contributed by atoms with E-state index in [1.54, 1.807) is 32.0 Å². The van der Waals surface area contributed by atoms with Crippen LogP contribution in [0.15, 0.2) is 46.0 Å². The van der Waals surface area contributed by atoms with Crippen molar-refractivity contribution in [1.29, 1.82) is 0 Å². The Bertz CT molecular complexity index is 2360. The quantitative estimate of drug-likeness (QED) is 0.0665. The molecule has 2 aliphatic carbocycles. The van der Waals surface area contributed by atoms with Crippen LogP contribution in [0, 0.1) is 25.7 Å². The summed E-state index contributed by atoms with van der Waals surface area (Å²) in [6.07, 6.45) is 11.1. The zero-order valence-electron chi connectivity index (χ0n) is 38.0. The Morgan fingerprint density at radius 3 is 1.42 bits per heavy atom. The molecule has 3 fully saturated rings. The number of aromatic nitrogens is 6. The highest BCUT2D eigenvalue weighted by atomic mass is 35.5. The Balaban J connectivity index is 0.000000220. The van der Waals surface area contributed by atoms with Crippen LogP contribution in [0.1, 0.15) is 122 Å². The summed E-state index contributed by atoms with van der Waals surface area (Å²) in [5, 5.41) is 55.8. The van der Waals surface area contributed by atoms with Gasteiger partial charge < -0.3 is 41.7 Å². The van der Waals surface area contributed by atoms with Gasteiger partial charge in [-0.2, -0.15) is 19.6 Å². The van der Waals surface area contributed by atoms with Crippen molar-refractivity contribution in [2.24, 2.45) is 17.6 Å². The summed E-state index contributed by atoms with van der Waals surface area (Å²) in [4.78, 5) is 53.8. The number of carbonyl (C=O) groups is 2. The predicted molar refractivity (Wildman–Crippen MR) is 251 cm³/mol. The second kappa shape index (κ2) is 24.1. The number of hydrogen-bond donors (Lipinski definition) is 7. The lowest BCUT2D eigenvalue weighted by molar-refractivity contribution is 0.0522. The number of hydrogen-bond acceptors (Lipinski definition) is 12. The van der Waals surface area contributed by atoms with Crippen molar-refractivity contribution < 1.29 is 30.0 Å². The van der Waals surface area contributed by atoms with Crippen molar-refractivity contribution in [2.45, 2.75) is 141 Å². The van der Waals surface area contributed by atoms with E-state index >= 15 is 0 Å². The Morgan fingerprint density at radius 2 is 1.03 bits per heavy atom. The highest BCUT2D eigenvalue weighted by Crippen LogP contribution is 2.27. The van der Waals surface area contributed by atoms with Crippen LogP contribution in [0.5, 0.6) is 0 Å². The van der Waals surface area contributed by atoms with Gasteiger partial charge in [0.2, 0.25) is 0 Å². The van der Waals surface area contributed by atoms with E-state index in [2.05, 4.69) is 25.7 Å². The van der Waals surface area contributed by atoms with E-state index in [1.165, 1.54) is 32.0 Å². The number of nitrogens with two attached hydrogens (primary N) is 1. The molecule has 4 atom stereocenters. The molecule has 4 unspecified atom stereocenters. The van der Waals surface area contributed by atoms with Crippen LogP contribution in [-0.2, 0) is 13.1 Å². The van der Waals surface area contributed by atoms with E-state index in [1.807, 2.05) is 0 Å². The molecule has 1 aliphatic heterocycles. The molecule has 66 heavy (non-hydrogen) atoms. The molecular weight excluding hydrogens is 891 g/mol. The lowest BCUT2D eigenvalue weighted by Gasteiger charge is -2.22. The van der Waals surface area contributed by atoms with Gasteiger partial charge in [-0.1, -0.05) is 74.6 Å². The minimum atomic E-state index is -0.952. The molecule has 362 valence electrons. The van der Waals surface area contributed by atoms with Crippen LogP contribution in [0.25, 0.3) is 11.4 Å². The van der Waals surface area contributed by atoms with Gasteiger partial charge in [0.15, 0.2) is 0 Å². The van der Waals surface area contributed by atoms with E-state index in [4.69, 9.17) is 28.9 Å². The Morgan fingerprint density at radius 1 is 0.636 bits per heavy atom. The van der Waals surface area contributed by atoms with E-state index in [0.29, 0.717) is 29.6 Å². The van der Waals surface area contributed by atoms with Gasteiger partial charge in [0.1, 0.15) is 24.1 Å². The van der Waals surface area contributed by atoms with Gasteiger partial charge in [0, 0.05) is 24.9 Å². The predicted octanol–water partition coefficient (Wildman–Crippen LogP) is 3.81. The molecule has 0 spiro atoms. The molecule has 3 aliphatic rings. The molecule has 1 saturated heterocycles. The molecule has 0 bridgehead atoms. The maximum atomic E-state index is 13.1. The third-order valence-corrected chi connectivity index (χ3v) is 13.6. The molecule has 18 nitrogen and oxygen atoms in total. The SMILES string of the molecule is Cc1nn(-c2ccc(Cl)c(C(=O)NC(O)C3CCCCCC3)c2)c(=O)n1CC(O)CN.Cc1nn(-c2ccc(Cl)c(C(=O)NC(O)C3CCCCCC3)c2)c(=O)n1CC(O)CN1CCCC1. The monoisotopic (exact) mass is 956 g/mol. The second-order valence-corrected chi connectivity index (χ2v) is 18.7. The van der Waals surface area contributed by atoms with Crippen LogP contribution < -0.4 is 27.7 Å². The third-order valence-electron chi connectivity index (χ3n) is 13.0. The maximum Gasteiger partial charge on any atom is 0.350 e. The van der Waals surface area contributed by atoms with Gasteiger partial charge in [0.25, 0.3) is 11.8 Å². The molecule has 2 aromatic heterocycles. The van der Waals surface area contributed by atoms with Crippen molar-refractivity contribution in [2.75, 3.05) is 26.2 Å². The largest absolute Gasteiger partial charge is 0.390 e. The molecule has 3 heterocycles. The van der Waals surface area contributed by atoms with Crippen molar-refractivity contribution in [3.05, 3.63) is 90.2 Å². The number of benzene rings is 2. The summed E-state index contributed by atoms with van der Waals surface area (Å²) in [6.45, 7) is 6.01. The van der Waals surface area contributed by atoms with Gasteiger partial charge in [0.05, 0.1) is 57.8 Å². The van der Waals surface area contributed by atoms with Gasteiger partial charge in [-0.05, 0) is 102 Å². The highest BCUT2D eigenvalue weighted by molar-refractivity contribution is 6.34. The van der Waals surface area contributed by atoms with Crippen LogP contribution in [0.4, 0.5) is 0 Å². The average molecular weight is 958 g/mol. The van der Waals surface area contributed by atoms with Crippen molar-refractivity contribution in [3.63, 3.8) is 0 Å². The first kappa shape index (κ1) is 51.0. The van der Waals surface area contributed by atoms with Gasteiger partial charge in [-0.25, -0.2) is 9.59 Å². The average Bonchev–Trinajstić information content (AvgIpc) is 3.76. The minimum Gasteiger partial charge on any atom is -0.390 e. The second-order valence-electron chi connectivity index (χ2n) is 17.9. The minimum absolute atomic E-state index is 0.0170. The number of halogens is 2. The molecule has 2 aromatic carbocycles. The summed E-state index contributed by atoms with van der Waals surface area (Å²) in [7, 11) is 0. The fourth-order valence-electron chi connectivity index (χ4n) is 9.11. The lowest BCUT2D eigenvalue weighted by Crippen LogP contribution is -2.40. The van der Waals surface area contributed by atoms with E-state index in [0.717, 1.165) is 108 Å². The summed E-state index contributed by atoms with van der Waals surface area (Å²) in [6, 6.07) is 9.25. The Hall–Kier alpha value is -4.40. The maximum absolute atomic E-state index is 13.1. The molecule has 0 radical (unpaired) electrons. The number of aliphatic hydroxyl groups is 4. The number of nitrogens with zero attached hydrogens (tertiary/aromatic N) is 7. The molecule has 2 amide bonds. The number of aliphatic hydroxyl groups excluding tert-OH is 4. The summed E-state index contributed by atoms with van der Waals surface area (Å²) in [5.74, 6) is -0.0765. The van der Waals surface area contributed by atoms with Crippen molar-refractivity contribution in [1.82, 2.24) is 44.2 Å². The van der Waals surface area contributed by atoms with Crippen LogP contribution in [-0.4, -0.2) is 117 Å². The van der Waals surface area contributed by atoms with Crippen LogP contribution in [0.3, 0.4) is 0 Å². The topological polar surface area (TPSA) is 248 Å². The summed E-state index contributed by atoms with van der Waals surface area (Å²) < 4.78 is 5.13. The molecular formula is C46H66Cl2N10O8. The summed E-state index contributed by atoms with van der Waals surface area (Å²) >= 11 is 12.5. The van der Waals surface area contributed by atoms with E-state index < -0.39 is 47.9 Å². The lowest BCUT2D eigenvalue weighted by atomic mass is 9.98. The number of nitrogens with one attached hydrogen (secondary N) is 2. The standard InChI is InChI=1S/C25H36ClN5O4.C21H30ClN5O4/c1-17-28-31(25(35)30(17)16-20(32)15-29-12-6-7-13-29)19-10-11-22(26)21(14-19)24(34)27-23(33)18-8-4-2-3-5-9-18;1-13-25-27(21(31)26(13)12-16(28)11-23)15-8-9-18(22)17(10-15)20(30)24-19(29)14-6-4-2-3-5-7-14/h10-11,14,18,20,23,32-33H,2-9,12-13,15-16H2,1H3,(H,27,34);8-10,14,16,19,28-29H,2-7,11-12,23H2,1H3,(H,24,30). The van der Waals surface area contributed by atoms with Crippen molar-refractivity contribution in [3.8, 4) is 11.4 Å². The number of likely N-dealkylation sites (tertiary alicyclic amines) is 1. The zero-order valence-corrected chi connectivity index (χ0v) is 39.5. The fraction of sp³-hybridized carbons (Fsp3) is 0.609. The van der Waals surface area contributed by atoms with Crippen LogP contribution >= 0.6 is 23.2 Å². The molecule has 2 saturated carbocycles. The number of amides is 2. The first-order valence-corrected chi connectivity index (χ1v) is 24.1. The molecule has 4 aromatic rings. The molecule has 8 N–H and O–H groups in total. The highest BCUT2D eigenvalue weighted by Gasteiger charge is 2.27. The number of β-amino-alcohol motifs (C(OH)–C–C–N with tert-alkyl or cyclic N) is 1. The number of carbonyl (C=O) groups excluding carboxylic acids is 2. The van der Waals surface area contributed by atoms with Gasteiger partial charge >= 0.3 is 11.4 Å². The van der Waals surface area contributed by atoms with Gasteiger partial charge in [-0.15, -0.1) is 0 Å². The molecule has 20 heteroatoms. The Labute approximate surface area is 394 Å². The third kappa shape index (κ3) is 13.2. The zero-order chi connectivity index (χ0) is 47.5. The fourth-order valence-corrected chi connectivity index (χ4v) is 9.52. The summed E-state index contributed by atoms with van der Waals surface area (Å²) in [5.41, 5.74) is 5.65. The van der Waals surface area contributed by atoms with E-state index in [-0.39, 0.29) is 52.6 Å². The number of rotatable bonds is 15. The first-order chi connectivity index (χ1) is 31.6. The molecule has 7 rings (SSSR count). The number of aryl methyl sites for hydroxylation is 2. The van der Waals surface area contributed by atoms with Crippen LogP contribution in [0.2, 0.25) is 10.0 Å². The normalized spacial score (nSPS) is 18.4. The van der Waals surface area contributed by atoms with E-state index in [9.17, 15) is 39.6 Å². The van der Waals surface area contributed by atoms with Gasteiger partial charge in [-0.3, -0.25) is 18.7 Å².